The lowest BCUT2D eigenvalue weighted by Crippen LogP contribution is -2.14. The molecule has 1 aliphatic heterocycles. The summed E-state index contributed by atoms with van der Waals surface area (Å²) in [6.45, 7) is 0.949. The molecule has 1 atom stereocenters. The van der Waals surface area contributed by atoms with Gasteiger partial charge >= 0.3 is 0 Å². The first kappa shape index (κ1) is 11.3. The molecule has 0 unspecified atom stereocenters. The van der Waals surface area contributed by atoms with Gasteiger partial charge in [0.25, 0.3) is 0 Å². The molecule has 78 valence electrons. The van der Waals surface area contributed by atoms with E-state index in [0.29, 0.717) is 5.56 Å². The zero-order valence-corrected chi connectivity index (χ0v) is 8.48. The predicted octanol–water partition coefficient (Wildman–Crippen LogP) is 2.38. The number of benzene rings is 1. The summed E-state index contributed by atoms with van der Waals surface area (Å²) in [4.78, 5) is 0. The first-order valence-corrected chi connectivity index (χ1v) is 4.49. The number of hydrogen-bond donors (Lipinski definition) is 2. The van der Waals surface area contributed by atoms with Crippen LogP contribution in [0.15, 0.2) is 18.2 Å². The van der Waals surface area contributed by atoms with Crippen molar-refractivity contribution in [3.05, 3.63) is 29.6 Å². The van der Waals surface area contributed by atoms with Crippen molar-refractivity contribution in [3.63, 3.8) is 0 Å². The third kappa shape index (κ3) is 2.16. The summed E-state index contributed by atoms with van der Waals surface area (Å²) in [6.07, 6.45) is 2.06. The molecule has 1 aromatic rings. The van der Waals surface area contributed by atoms with Crippen molar-refractivity contribution in [1.82, 2.24) is 5.32 Å². The summed E-state index contributed by atoms with van der Waals surface area (Å²) in [5, 5.41) is 12.2. The normalized spacial score (nSPS) is 20.5. The van der Waals surface area contributed by atoms with Gasteiger partial charge < -0.3 is 10.4 Å². The van der Waals surface area contributed by atoms with Gasteiger partial charge in [0.05, 0.1) is 0 Å². The van der Waals surface area contributed by atoms with Crippen LogP contribution in [0.4, 0.5) is 4.39 Å². The molecule has 2 nitrogen and oxygen atoms in total. The summed E-state index contributed by atoms with van der Waals surface area (Å²) in [6, 6.07) is 4.46. The number of aromatic hydroxyl groups is 1. The van der Waals surface area contributed by atoms with Gasteiger partial charge in [-0.1, -0.05) is 6.07 Å². The number of nitrogens with one attached hydrogen (secondary N) is 1. The van der Waals surface area contributed by atoms with Crippen LogP contribution in [0.5, 0.6) is 5.75 Å². The highest BCUT2D eigenvalue weighted by molar-refractivity contribution is 5.85. The smallest absolute Gasteiger partial charge is 0.131 e. The van der Waals surface area contributed by atoms with Crippen LogP contribution in [-0.2, 0) is 0 Å². The minimum Gasteiger partial charge on any atom is -0.508 e. The fourth-order valence-corrected chi connectivity index (χ4v) is 1.75. The molecule has 4 heteroatoms. The van der Waals surface area contributed by atoms with E-state index in [9.17, 15) is 4.39 Å². The van der Waals surface area contributed by atoms with E-state index in [1.165, 1.54) is 6.07 Å². The lowest BCUT2D eigenvalue weighted by molar-refractivity contribution is 0.465. The Morgan fingerprint density at radius 2 is 2.21 bits per heavy atom. The van der Waals surface area contributed by atoms with Crippen molar-refractivity contribution in [2.75, 3.05) is 6.54 Å². The standard InChI is InChI=1S/C10H12FNO.ClH/c11-9-6-7(13)3-4-8(9)10-2-1-5-12-10;/h3-4,6,10,12-13H,1-2,5H2;1H/t10-;/m1./s1. The summed E-state index contributed by atoms with van der Waals surface area (Å²) in [5.41, 5.74) is 0.662. The zero-order valence-electron chi connectivity index (χ0n) is 7.66. The second-order valence-corrected chi connectivity index (χ2v) is 3.35. The quantitative estimate of drug-likeness (QED) is 0.757. The molecule has 0 saturated carbocycles. The highest BCUT2D eigenvalue weighted by Gasteiger charge is 2.19. The van der Waals surface area contributed by atoms with Crippen molar-refractivity contribution in [3.8, 4) is 5.75 Å². The number of hydrogen-bond acceptors (Lipinski definition) is 2. The number of rotatable bonds is 1. The van der Waals surface area contributed by atoms with E-state index in [4.69, 9.17) is 5.11 Å². The molecule has 14 heavy (non-hydrogen) atoms. The maximum Gasteiger partial charge on any atom is 0.131 e. The summed E-state index contributed by atoms with van der Waals surface area (Å²) in [5.74, 6) is -0.335. The lowest BCUT2D eigenvalue weighted by Gasteiger charge is -2.11. The van der Waals surface area contributed by atoms with Gasteiger partial charge in [0.2, 0.25) is 0 Å². The molecule has 0 amide bonds. The third-order valence-corrected chi connectivity index (χ3v) is 2.42. The molecule has 1 aromatic carbocycles. The molecular weight excluding hydrogens is 205 g/mol. The minimum atomic E-state index is -0.320. The van der Waals surface area contributed by atoms with Crippen LogP contribution in [0.3, 0.4) is 0 Å². The van der Waals surface area contributed by atoms with E-state index in [1.54, 1.807) is 6.07 Å². The molecule has 1 saturated heterocycles. The molecule has 2 N–H and O–H groups in total. The van der Waals surface area contributed by atoms with Crippen molar-refractivity contribution >= 4 is 12.4 Å². The Balaban J connectivity index is 0.000000980. The Kier molecular flexibility index (Phi) is 3.72. The van der Waals surface area contributed by atoms with Crippen LogP contribution in [0.2, 0.25) is 0 Å². The monoisotopic (exact) mass is 217 g/mol. The molecule has 1 heterocycles. The second-order valence-electron chi connectivity index (χ2n) is 3.35. The molecule has 1 aliphatic rings. The van der Waals surface area contributed by atoms with Gasteiger partial charge in [-0.05, 0) is 25.5 Å². The van der Waals surface area contributed by atoms with Crippen LogP contribution in [-0.4, -0.2) is 11.7 Å². The predicted molar refractivity (Wildman–Crippen MR) is 55.3 cm³/mol. The van der Waals surface area contributed by atoms with E-state index in [1.807, 2.05) is 0 Å². The number of phenols is 1. The van der Waals surface area contributed by atoms with Gasteiger partial charge in [0.1, 0.15) is 11.6 Å². The minimum absolute atomic E-state index is 0. The van der Waals surface area contributed by atoms with Gasteiger partial charge in [-0.25, -0.2) is 4.39 Å². The molecule has 0 radical (unpaired) electrons. The Bertz CT molecular complexity index is 313. The third-order valence-electron chi connectivity index (χ3n) is 2.42. The molecule has 0 aromatic heterocycles. The van der Waals surface area contributed by atoms with Crippen LogP contribution in [0, 0.1) is 5.82 Å². The van der Waals surface area contributed by atoms with E-state index in [2.05, 4.69) is 5.32 Å². The molecule has 0 spiro atoms. The Morgan fingerprint density at radius 3 is 2.79 bits per heavy atom. The average Bonchev–Trinajstić information content (AvgIpc) is 2.56. The number of halogens is 2. The van der Waals surface area contributed by atoms with Crippen molar-refractivity contribution < 1.29 is 9.50 Å². The molecule has 1 fully saturated rings. The fraction of sp³-hybridized carbons (Fsp3) is 0.400. The Hall–Kier alpha value is -0.800. The molecular formula is C10H13ClFNO. The maximum absolute atomic E-state index is 13.3. The van der Waals surface area contributed by atoms with Crippen molar-refractivity contribution in [2.45, 2.75) is 18.9 Å². The highest BCUT2D eigenvalue weighted by atomic mass is 35.5. The van der Waals surface area contributed by atoms with Gasteiger partial charge in [0.15, 0.2) is 0 Å². The van der Waals surface area contributed by atoms with E-state index < -0.39 is 0 Å². The van der Waals surface area contributed by atoms with Gasteiger partial charge in [0, 0.05) is 17.7 Å². The second kappa shape index (κ2) is 4.62. The van der Waals surface area contributed by atoms with Gasteiger partial charge in [-0.15, -0.1) is 12.4 Å². The Morgan fingerprint density at radius 1 is 1.43 bits per heavy atom. The molecule has 0 bridgehead atoms. The molecule has 0 aliphatic carbocycles. The van der Waals surface area contributed by atoms with Gasteiger partial charge in [-0.2, -0.15) is 0 Å². The topological polar surface area (TPSA) is 32.3 Å². The molecule has 2 rings (SSSR count). The maximum atomic E-state index is 13.3. The van der Waals surface area contributed by atoms with E-state index >= 15 is 0 Å². The van der Waals surface area contributed by atoms with E-state index in [0.717, 1.165) is 25.5 Å². The Labute approximate surface area is 88.5 Å². The zero-order chi connectivity index (χ0) is 9.26. The van der Waals surface area contributed by atoms with Gasteiger partial charge in [-0.3, -0.25) is 0 Å². The highest BCUT2D eigenvalue weighted by Crippen LogP contribution is 2.27. The van der Waals surface area contributed by atoms with Crippen molar-refractivity contribution in [2.24, 2.45) is 0 Å². The van der Waals surface area contributed by atoms with Crippen LogP contribution in [0.25, 0.3) is 0 Å². The lowest BCUT2D eigenvalue weighted by atomic mass is 10.0. The van der Waals surface area contributed by atoms with E-state index in [-0.39, 0.29) is 30.0 Å². The van der Waals surface area contributed by atoms with Crippen molar-refractivity contribution in [1.29, 1.82) is 0 Å². The number of phenolic OH excluding ortho intramolecular Hbond substituents is 1. The van der Waals surface area contributed by atoms with Crippen LogP contribution in [0.1, 0.15) is 24.4 Å². The fourth-order valence-electron chi connectivity index (χ4n) is 1.75. The summed E-state index contributed by atoms with van der Waals surface area (Å²) >= 11 is 0. The first-order chi connectivity index (χ1) is 6.27. The average molecular weight is 218 g/mol. The first-order valence-electron chi connectivity index (χ1n) is 4.49. The SMILES string of the molecule is Cl.Oc1ccc([C@H]2CCCN2)c(F)c1. The van der Waals surface area contributed by atoms with Crippen LogP contribution >= 0.6 is 12.4 Å². The largest absolute Gasteiger partial charge is 0.508 e. The summed E-state index contributed by atoms with van der Waals surface area (Å²) < 4.78 is 13.3. The summed E-state index contributed by atoms with van der Waals surface area (Å²) in [7, 11) is 0. The van der Waals surface area contributed by atoms with Crippen LogP contribution < -0.4 is 5.32 Å².